The number of fused-ring (bicyclic) bond motifs is 3. The fraction of sp³-hybridized carbons (Fsp3) is 0.351. The predicted molar refractivity (Wildman–Crippen MR) is 264 cm³/mol. The summed E-state index contributed by atoms with van der Waals surface area (Å²) in [5, 5.41) is 2.40. The van der Waals surface area contributed by atoms with Crippen molar-refractivity contribution in [3.05, 3.63) is 167 Å². The number of nitrogens with zero attached hydrogens (tertiary/aromatic N) is 4. The van der Waals surface area contributed by atoms with Gasteiger partial charge in [0.25, 0.3) is 0 Å². The third-order valence-electron chi connectivity index (χ3n) is 12.8. The molecule has 0 saturated heterocycles. The quantitative estimate of drug-likeness (QED) is 0.160. The lowest BCUT2D eigenvalue weighted by Crippen LogP contribution is -2.31. The molecule has 2 aromatic heterocycles. The van der Waals surface area contributed by atoms with E-state index in [1.807, 2.05) is 6.20 Å². The molecule has 62 heavy (non-hydrogen) atoms. The summed E-state index contributed by atoms with van der Waals surface area (Å²) in [7, 11) is 0. The van der Waals surface area contributed by atoms with Crippen molar-refractivity contribution in [2.75, 3.05) is 16.5 Å². The fourth-order valence-corrected chi connectivity index (χ4v) is 8.71. The summed E-state index contributed by atoms with van der Waals surface area (Å²) in [5.74, 6) is 2.51. The third-order valence-corrected chi connectivity index (χ3v) is 12.8. The summed E-state index contributed by atoms with van der Waals surface area (Å²) < 4.78 is 9.31. The second-order valence-electron chi connectivity index (χ2n) is 22.1. The predicted octanol–water partition coefficient (Wildman–Crippen LogP) is 15.4. The molecule has 0 bridgehead atoms. The molecule has 0 unspecified atom stereocenters. The molecule has 5 heteroatoms. The van der Waals surface area contributed by atoms with E-state index >= 15 is 0 Å². The number of aromatic nitrogens is 2. The molecule has 7 aromatic rings. The lowest BCUT2D eigenvalue weighted by atomic mass is 9.78. The zero-order valence-electron chi connectivity index (χ0n) is 39.6. The highest BCUT2D eigenvalue weighted by molar-refractivity contribution is 6.09. The van der Waals surface area contributed by atoms with Gasteiger partial charge in [-0.15, -0.1) is 0 Å². The molecular formula is C57H66N4O. The Morgan fingerprint density at radius 1 is 0.468 bits per heavy atom. The summed E-state index contributed by atoms with van der Waals surface area (Å²) in [6, 6.07) is 44.5. The second kappa shape index (κ2) is 15.2. The van der Waals surface area contributed by atoms with Crippen molar-refractivity contribution in [2.24, 2.45) is 5.41 Å². The number of allylic oxidation sites excluding steroid dienone is 1. The largest absolute Gasteiger partial charge is 0.457 e. The molecule has 1 aliphatic rings. The first-order valence-electron chi connectivity index (χ1n) is 22.3. The molecule has 0 fully saturated rings. The van der Waals surface area contributed by atoms with E-state index in [1.54, 1.807) is 0 Å². The molecule has 0 radical (unpaired) electrons. The molecular weight excluding hydrogens is 757 g/mol. The van der Waals surface area contributed by atoms with Crippen molar-refractivity contribution < 1.29 is 4.74 Å². The number of ether oxygens (including phenoxy) is 1. The second-order valence-corrected chi connectivity index (χ2v) is 22.1. The number of benzene rings is 5. The lowest BCUT2D eigenvalue weighted by Gasteiger charge is -2.32. The standard InChI is InChI=1S/C57H66N4O/c1-53(2,3)39-23-26-49-48(32-39)47-25-24-45(35-50(47)61(49)52-33-40(27-28-58-52)54(4,5)6)62-46-31-42(55(7,8)9)30-44(34-46)60-37-59(36-51(60)56(10,11)12)43-22-18-21-41(29-43)57(13,14)38-19-16-15-17-20-38/h15-36H,37H2,1-14H3. The van der Waals surface area contributed by atoms with Gasteiger partial charge in [-0.2, -0.15) is 0 Å². The highest BCUT2D eigenvalue weighted by Crippen LogP contribution is 2.44. The van der Waals surface area contributed by atoms with Crippen LogP contribution in [0.1, 0.15) is 125 Å². The zero-order chi connectivity index (χ0) is 44.6. The van der Waals surface area contributed by atoms with Crippen molar-refractivity contribution in [1.82, 2.24) is 9.55 Å². The molecule has 0 spiro atoms. The molecule has 0 atom stereocenters. The summed E-state index contributed by atoms with van der Waals surface area (Å²) in [4.78, 5) is 9.84. The molecule has 0 saturated carbocycles. The third kappa shape index (κ3) is 8.27. The number of hydrogen-bond donors (Lipinski definition) is 0. The van der Waals surface area contributed by atoms with Crippen LogP contribution in [0.25, 0.3) is 27.6 Å². The number of rotatable bonds is 7. The van der Waals surface area contributed by atoms with Gasteiger partial charge in [0.2, 0.25) is 0 Å². The van der Waals surface area contributed by atoms with Crippen LogP contribution in [-0.4, -0.2) is 16.2 Å². The monoisotopic (exact) mass is 823 g/mol. The molecule has 0 aliphatic carbocycles. The van der Waals surface area contributed by atoms with E-state index in [2.05, 4.69) is 239 Å². The van der Waals surface area contributed by atoms with Crippen LogP contribution in [0.5, 0.6) is 11.5 Å². The number of anilines is 2. The maximum Gasteiger partial charge on any atom is 0.137 e. The van der Waals surface area contributed by atoms with Crippen molar-refractivity contribution in [1.29, 1.82) is 0 Å². The van der Waals surface area contributed by atoms with Gasteiger partial charge >= 0.3 is 0 Å². The van der Waals surface area contributed by atoms with Gasteiger partial charge in [-0.1, -0.05) is 145 Å². The van der Waals surface area contributed by atoms with Crippen LogP contribution < -0.4 is 14.5 Å². The zero-order valence-corrected chi connectivity index (χ0v) is 39.6. The van der Waals surface area contributed by atoms with Gasteiger partial charge in [0.15, 0.2) is 0 Å². The highest BCUT2D eigenvalue weighted by Gasteiger charge is 2.33. The van der Waals surface area contributed by atoms with Crippen LogP contribution in [0.15, 0.2) is 139 Å². The molecule has 0 N–H and O–H groups in total. The number of pyridine rings is 1. The van der Waals surface area contributed by atoms with Gasteiger partial charge in [0.05, 0.1) is 17.7 Å². The summed E-state index contributed by atoms with van der Waals surface area (Å²) in [6.07, 6.45) is 4.29. The Kier molecular flexibility index (Phi) is 10.5. The first kappa shape index (κ1) is 42.9. The molecule has 5 nitrogen and oxygen atoms in total. The first-order valence-corrected chi connectivity index (χ1v) is 22.3. The molecule has 5 aromatic carbocycles. The maximum atomic E-state index is 7.00. The Bertz CT molecular complexity index is 2810. The van der Waals surface area contributed by atoms with Crippen molar-refractivity contribution in [3.8, 4) is 17.3 Å². The van der Waals surface area contributed by atoms with E-state index in [-0.39, 0.29) is 27.1 Å². The minimum Gasteiger partial charge on any atom is -0.457 e. The topological polar surface area (TPSA) is 33.5 Å². The van der Waals surface area contributed by atoms with E-state index < -0.39 is 0 Å². The molecule has 320 valence electrons. The van der Waals surface area contributed by atoms with Crippen LogP contribution in [0.2, 0.25) is 0 Å². The molecule has 1 aliphatic heterocycles. The lowest BCUT2D eigenvalue weighted by molar-refractivity contribution is 0.477. The van der Waals surface area contributed by atoms with E-state index in [0.717, 1.165) is 34.0 Å². The Labute approximate surface area is 371 Å². The average molecular weight is 823 g/mol. The van der Waals surface area contributed by atoms with Crippen LogP contribution in [-0.2, 0) is 21.7 Å². The first-order chi connectivity index (χ1) is 29.0. The number of hydrogen-bond acceptors (Lipinski definition) is 4. The van der Waals surface area contributed by atoms with Crippen LogP contribution >= 0.6 is 0 Å². The molecule has 8 rings (SSSR count). The van der Waals surface area contributed by atoms with Crippen LogP contribution in [0.4, 0.5) is 11.4 Å². The summed E-state index contributed by atoms with van der Waals surface area (Å²) >= 11 is 0. The normalized spacial score (nSPS) is 14.3. The molecule has 3 heterocycles. The van der Waals surface area contributed by atoms with Gasteiger partial charge < -0.3 is 14.5 Å². The summed E-state index contributed by atoms with van der Waals surface area (Å²) in [6.45, 7) is 32.7. The smallest absolute Gasteiger partial charge is 0.137 e. The van der Waals surface area contributed by atoms with E-state index in [4.69, 9.17) is 9.72 Å². The van der Waals surface area contributed by atoms with Gasteiger partial charge in [-0.3, -0.25) is 4.57 Å². The van der Waals surface area contributed by atoms with Crippen LogP contribution in [0, 0.1) is 5.41 Å². The van der Waals surface area contributed by atoms with Crippen molar-refractivity contribution in [2.45, 2.75) is 119 Å². The molecule has 0 amide bonds. The maximum absolute atomic E-state index is 7.00. The van der Waals surface area contributed by atoms with Crippen LogP contribution in [0.3, 0.4) is 0 Å². The minimum absolute atomic E-state index is 0.0162. The van der Waals surface area contributed by atoms with Crippen molar-refractivity contribution in [3.63, 3.8) is 0 Å². The van der Waals surface area contributed by atoms with E-state index in [1.165, 1.54) is 50.0 Å². The van der Waals surface area contributed by atoms with Crippen molar-refractivity contribution >= 4 is 33.2 Å². The fourth-order valence-electron chi connectivity index (χ4n) is 8.71. The Morgan fingerprint density at radius 3 is 1.81 bits per heavy atom. The minimum atomic E-state index is -0.139. The SMILES string of the molecule is CC(C)(C)C1=CN(c2cccc(C(C)(C)c3ccccc3)c2)CN1c1cc(Oc2ccc3c4cc(C(C)(C)C)ccc4n(-c4cc(C(C)(C)C)ccn4)c3c2)cc(C(C)(C)C)c1. The Balaban J connectivity index is 1.20. The van der Waals surface area contributed by atoms with Gasteiger partial charge in [-0.05, 0) is 105 Å². The Morgan fingerprint density at radius 2 is 1.13 bits per heavy atom. The van der Waals surface area contributed by atoms with Gasteiger partial charge in [0.1, 0.15) is 17.3 Å². The van der Waals surface area contributed by atoms with E-state index in [9.17, 15) is 0 Å². The van der Waals surface area contributed by atoms with E-state index in [0.29, 0.717) is 6.67 Å². The average Bonchev–Trinajstić information content (AvgIpc) is 3.81. The Hall–Kier alpha value is -5.81. The highest BCUT2D eigenvalue weighted by atomic mass is 16.5. The summed E-state index contributed by atoms with van der Waals surface area (Å²) in [5.41, 5.74) is 11.8. The van der Waals surface area contributed by atoms with Gasteiger partial charge in [-0.25, -0.2) is 4.98 Å². The van der Waals surface area contributed by atoms with Gasteiger partial charge in [0, 0.05) is 63.2 Å².